The van der Waals surface area contributed by atoms with Crippen molar-refractivity contribution in [2.45, 2.75) is 0 Å². The number of hydrogen-bond acceptors (Lipinski definition) is 1. The molecular formula is C48H34N2. The van der Waals surface area contributed by atoms with E-state index in [1.165, 1.54) is 55.2 Å². The van der Waals surface area contributed by atoms with Crippen molar-refractivity contribution in [2.75, 3.05) is 4.90 Å². The van der Waals surface area contributed by atoms with Gasteiger partial charge >= 0.3 is 0 Å². The number of anilines is 3. The fourth-order valence-corrected chi connectivity index (χ4v) is 7.20. The summed E-state index contributed by atoms with van der Waals surface area (Å²) in [5, 5.41) is 2.50. The maximum absolute atomic E-state index is 2.40. The Morgan fingerprint density at radius 1 is 0.320 bits per heavy atom. The lowest BCUT2D eigenvalue weighted by Gasteiger charge is -2.27. The Morgan fingerprint density at radius 3 is 1.50 bits per heavy atom. The maximum atomic E-state index is 2.40. The van der Waals surface area contributed by atoms with Crippen LogP contribution in [0.1, 0.15) is 0 Å². The third-order valence-corrected chi connectivity index (χ3v) is 9.59. The number of aromatic nitrogens is 1. The molecule has 8 aromatic carbocycles. The van der Waals surface area contributed by atoms with Gasteiger partial charge in [-0.3, -0.25) is 0 Å². The zero-order valence-electron chi connectivity index (χ0n) is 27.5. The highest BCUT2D eigenvalue weighted by Gasteiger charge is 2.18. The van der Waals surface area contributed by atoms with Crippen molar-refractivity contribution in [2.24, 2.45) is 0 Å². The highest BCUT2D eigenvalue weighted by atomic mass is 15.1. The Morgan fingerprint density at radius 2 is 0.820 bits per heavy atom. The molecule has 2 heteroatoms. The minimum atomic E-state index is 1.13. The number of para-hydroxylation sites is 4. The average Bonchev–Trinajstić information content (AvgIpc) is 3.53. The van der Waals surface area contributed by atoms with Gasteiger partial charge in [0.15, 0.2) is 0 Å². The highest BCUT2D eigenvalue weighted by molar-refractivity contribution is 6.11. The molecule has 0 saturated heterocycles. The standard InChI is InChI=1S/C48H34N2/c1-5-15-35(16-6-1)38-30-32-47-45(33-38)44-31-29-39(34-48(44)50(47)42-21-11-4-12-22-42)36-25-27-37(28-26-36)43-23-13-14-24-46(43)49(40-17-7-2-8-18-40)41-19-9-3-10-20-41/h1-34H. The molecule has 0 saturated carbocycles. The molecule has 2 nitrogen and oxygen atoms in total. The SMILES string of the molecule is c1ccc(-c2ccc3c(c2)c2ccc(-c4ccc(-c5ccccc5N(c5ccccc5)c5ccccc5)cc4)cc2n3-c2ccccc2)cc1. The lowest BCUT2D eigenvalue weighted by molar-refractivity contribution is 1.18. The van der Waals surface area contributed by atoms with Gasteiger partial charge in [0, 0.05) is 33.4 Å². The van der Waals surface area contributed by atoms with E-state index >= 15 is 0 Å². The zero-order chi connectivity index (χ0) is 33.3. The van der Waals surface area contributed by atoms with Crippen LogP contribution in [0.2, 0.25) is 0 Å². The molecule has 50 heavy (non-hydrogen) atoms. The first-order valence-corrected chi connectivity index (χ1v) is 17.1. The molecule has 0 fully saturated rings. The fraction of sp³-hybridized carbons (Fsp3) is 0. The molecule has 236 valence electrons. The molecule has 0 unspecified atom stereocenters. The summed E-state index contributed by atoms with van der Waals surface area (Å²) in [6.45, 7) is 0. The van der Waals surface area contributed by atoms with Gasteiger partial charge in [-0.25, -0.2) is 0 Å². The van der Waals surface area contributed by atoms with Crippen molar-refractivity contribution in [1.82, 2.24) is 4.57 Å². The number of benzene rings is 8. The molecule has 0 radical (unpaired) electrons. The van der Waals surface area contributed by atoms with Crippen molar-refractivity contribution in [3.05, 3.63) is 206 Å². The van der Waals surface area contributed by atoms with Crippen molar-refractivity contribution in [3.63, 3.8) is 0 Å². The van der Waals surface area contributed by atoms with E-state index in [2.05, 4.69) is 216 Å². The second kappa shape index (κ2) is 12.8. The van der Waals surface area contributed by atoms with E-state index in [0.717, 1.165) is 22.7 Å². The highest BCUT2D eigenvalue weighted by Crippen LogP contribution is 2.41. The van der Waals surface area contributed by atoms with Crippen molar-refractivity contribution < 1.29 is 0 Å². The molecule has 0 amide bonds. The third-order valence-electron chi connectivity index (χ3n) is 9.59. The van der Waals surface area contributed by atoms with Gasteiger partial charge in [-0.2, -0.15) is 0 Å². The van der Waals surface area contributed by atoms with Crippen LogP contribution in [-0.4, -0.2) is 4.57 Å². The van der Waals surface area contributed by atoms with Crippen LogP contribution >= 0.6 is 0 Å². The Hall–Kier alpha value is -6.64. The topological polar surface area (TPSA) is 8.17 Å². The molecule has 0 bridgehead atoms. The van der Waals surface area contributed by atoms with Gasteiger partial charge in [-0.15, -0.1) is 0 Å². The lowest BCUT2D eigenvalue weighted by Crippen LogP contribution is -2.10. The maximum Gasteiger partial charge on any atom is 0.0547 e. The third kappa shape index (κ3) is 5.34. The van der Waals surface area contributed by atoms with Crippen LogP contribution in [0.4, 0.5) is 17.1 Å². The van der Waals surface area contributed by atoms with Crippen LogP contribution in [0, 0.1) is 0 Å². The second-order valence-electron chi connectivity index (χ2n) is 12.6. The number of nitrogens with zero attached hydrogens (tertiary/aromatic N) is 2. The van der Waals surface area contributed by atoms with Crippen molar-refractivity contribution in [3.8, 4) is 39.1 Å². The Bertz CT molecular complexity index is 2510. The first-order valence-electron chi connectivity index (χ1n) is 17.1. The minimum absolute atomic E-state index is 1.13. The molecule has 0 aliphatic carbocycles. The van der Waals surface area contributed by atoms with Gasteiger partial charge in [-0.05, 0) is 88.5 Å². The summed E-state index contributed by atoms with van der Waals surface area (Å²) in [7, 11) is 0. The van der Waals surface area contributed by atoms with Crippen LogP contribution in [-0.2, 0) is 0 Å². The smallest absolute Gasteiger partial charge is 0.0547 e. The molecule has 0 spiro atoms. The van der Waals surface area contributed by atoms with Crippen LogP contribution < -0.4 is 4.90 Å². The van der Waals surface area contributed by atoms with Crippen LogP contribution in [0.25, 0.3) is 60.9 Å². The molecule has 0 aliphatic rings. The van der Waals surface area contributed by atoms with Gasteiger partial charge in [0.2, 0.25) is 0 Å². The van der Waals surface area contributed by atoms with Crippen molar-refractivity contribution in [1.29, 1.82) is 0 Å². The second-order valence-corrected chi connectivity index (χ2v) is 12.6. The number of hydrogen-bond donors (Lipinski definition) is 0. The molecule has 9 aromatic rings. The van der Waals surface area contributed by atoms with Gasteiger partial charge in [0.05, 0.1) is 16.7 Å². The zero-order valence-corrected chi connectivity index (χ0v) is 27.5. The summed E-state index contributed by atoms with van der Waals surface area (Å²) in [5.41, 5.74) is 14.1. The van der Waals surface area contributed by atoms with Crippen molar-refractivity contribution >= 4 is 38.9 Å². The molecule has 9 rings (SSSR count). The number of rotatable bonds is 7. The molecule has 1 heterocycles. The molecule has 0 aliphatic heterocycles. The average molecular weight is 639 g/mol. The van der Waals surface area contributed by atoms with Gasteiger partial charge in [0.25, 0.3) is 0 Å². The van der Waals surface area contributed by atoms with E-state index in [4.69, 9.17) is 0 Å². The summed E-state index contributed by atoms with van der Waals surface area (Å²) in [5.74, 6) is 0. The molecule has 0 atom stereocenters. The monoisotopic (exact) mass is 638 g/mol. The lowest BCUT2D eigenvalue weighted by atomic mass is 9.97. The van der Waals surface area contributed by atoms with E-state index in [0.29, 0.717) is 0 Å². The van der Waals surface area contributed by atoms with E-state index in [1.807, 2.05) is 0 Å². The normalized spacial score (nSPS) is 11.2. The largest absolute Gasteiger partial charge is 0.310 e. The molecule has 0 N–H and O–H groups in total. The first-order chi connectivity index (χ1) is 24.8. The number of fused-ring (bicyclic) bond motifs is 3. The van der Waals surface area contributed by atoms with Crippen LogP contribution in [0.3, 0.4) is 0 Å². The van der Waals surface area contributed by atoms with Crippen LogP contribution in [0.5, 0.6) is 0 Å². The van der Waals surface area contributed by atoms with Gasteiger partial charge in [0.1, 0.15) is 0 Å². The predicted octanol–water partition coefficient (Wildman–Crippen LogP) is 13.3. The van der Waals surface area contributed by atoms with Gasteiger partial charge in [-0.1, -0.05) is 146 Å². The Labute approximate surface area is 292 Å². The van der Waals surface area contributed by atoms with E-state index in [1.54, 1.807) is 0 Å². The quantitative estimate of drug-likeness (QED) is 0.169. The van der Waals surface area contributed by atoms with Gasteiger partial charge < -0.3 is 9.47 Å². The molecular weight excluding hydrogens is 605 g/mol. The van der Waals surface area contributed by atoms with Crippen LogP contribution in [0.15, 0.2) is 206 Å². The fourth-order valence-electron chi connectivity index (χ4n) is 7.20. The van der Waals surface area contributed by atoms with E-state index in [-0.39, 0.29) is 0 Å². The Balaban J connectivity index is 1.14. The molecule has 1 aromatic heterocycles. The summed E-state index contributed by atoms with van der Waals surface area (Å²) < 4.78 is 2.40. The Kier molecular flexibility index (Phi) is 7.53. The summed E-state index contributed by atoms with van der Waals surface area (Å²) in [6.07, 6.45) is 0. The summed E-state index contributed by atoms with van der Waals surface area (Å²) in [4.78, 5) is 2.34. The van der Waals surface area contributed by atoms with E-state index in [9.17, 15) is 0 Å². The van der Waals surface area contributed by atoms with E-state index < -0.39 is 0 Å². The summed E-state index contributed by atoms with van der Waals surface area (Å²) in [6, 6.07) is 74.0. The minimum Gasteiger partial charge on any atom is -0.310 e. The summed E-state index contributed by atoms with van der Waals surface area (Å²) >= 11 is 0. The first kappa shape index (κ1) is 29.5. The predicted molar refractivity (Wildman–Crippen MR) is 212 cm³/mol.